The van der Waals surface area contributed by atoms with Crippen molar-refractivity contribution in [2.75, 3.05) is 13.2 Å². The lowest BCUT2D eigenvalue weighted by Gasteiger charge is -2.06. The highest BCUT2D eigenvalue weighted by Gasteiger charge is 1.95. The Labute approximate surface area is 98.3 Å². The lowest BCUT2D eigenvalue weighted by Crippen LogP contribution is -2.14. The molecule has 2 nitrogen and oxygen atoms in total. The van der Waals surface area contributed by atoms with Gasteiger partial charge in [0.2, 0.25) is 0 Å². The van der Waals surface area contributed by atoms with Crippen molar-refractivity contribution in [3.05, 3.63) is 42.0 Å². The Bertz CT molecular complexity index is 320. The quantitative estimate of drug-likeness (QED) is 0.562. The molecule has 0 heterocycles. The summed E-state index contributed by atoms with van der Waals surface area (Å²) in [7, 11) is 0. The maximum atomic E-state index is 5.45. The average molecular weight is 219 g/mol. The Morgan fingerprint density at radius 1 is 1.38 bits per heavy atom. The van der Waals surface area contributed by atoms with Gasteiger partial charge in [0, 0.05) is 6.54 Å². The summed E-state index contributed by atoms with van der Waals surface area (Å²) in [6, 6.07) is 8.23. The van der Waals surface area contributed by atoms with Gasteiger partial charge in [-0.3, -0.25) is 0 Å². The summed E-state index contributed by atoms with van der Waals surface area (Å²) in [5.74, 6) is 0.954. The van der Waals surface area contributed by atoms with E-state index in [-0.39, 0.29) is 0 Å². The molecule has 1 aromatic carbocycles. The minimum absolute atomic E-state index is 0.720. The zero-order valence-corrected chi connectivity index (χ0v) is 10.2. The summed E-state index contributed by atoms with van der Waals surface area (Å²) in [6.45, 7) is 6.69. The second-order valence-electron chi connectivity index (χ2n) is 3.61. The Balaban J connectivity index is 2.32. The van der Waals surface area contributed by atoms with Crippen LogP contribution in [-0.2, 0) is 6.54 Å². The lowest BCUT2D eigenvalue weighted by molar-refractivity contribution is 0.340. The topological polar surface area (TPSA) is 21.3 Å². The highest BCUT2D eigenvalue weighted by atomic mass is 16.5. The van der Waals surface area contributed by atoms with E-state index >= 15 is 0 Å². The van der Waals surface area contributed by atoms with Crippen molar-refractivity contribution in [2.45, 2.75) is 26.8 Å². The van der Waals surface area contributed by atoms with Gasteiger partial charge in [-0.1, -0.05) is 24.3 Å². The van der Waals surface area contributed by atoms with E-state index in [0.717, 1.165) is 31.9 Å². The number of hydrogen-bond acceptors (Lipinski definition) is 2. The van der Waals surface area contributed by atoms with E-state index in [1.807, 2.05) is 26.0 Å². The SMILES string of the molecule is C/C=C/CCNCc1cccc(OCC)c1. The Hall–Kier alpha value is -1.28. The number of benzene rings is 1. The molecule has 0 atom stereocenters. The van der Waals surface area contributed by atoms with Crippen LogP contribution in [-0.4, -0.2) is 13.2 Å². The largest absolute Gasteiger partial charge is 0.494 e. The van der Waals surface area contributed by atoms with Crippen molar-refractivity contribution >= 4 is 0 Å². The Morgan fingerprint density at radius 2 is 2.25 bits per heavy atom. The second-order valence-corrected chi connectivity index (χ2v) is 3.61. The zero-order chi connectivity index (χ0) is 11.6. The first-order chi connectivity index (χ1) is 7.86. The van der Waals surface area contributed by atoms with Crippen LogP contribution in [0.2, 0.25) is 0 Å². The number of rotatable bonds is 7. The molecule has 1 rings (SSSR count). The van der Waals surface area contributed by atoms with Crippen LogP contribution in [0.3, 0.4) is 0 Å². The highest BCUT2D eigenvalue weighted by molar-refractivity contribution is 5.28. The minimum Gasteiger partial charge on any atom is -0.494 e. The molecule has 0 aliphatic heterocycles. The third-order valence-electron chi connectivity index (χ3n) is 2.26. The van der Waals surface area contributed by atoms with Crippen LogP contribution in [0.25, 0.3) is 0 Å². The number of allylic oxidation sites excluding steroid dienone is 1. The molecule has 0 saturated heterocycles. The van der Waals surface area contributed by atoms with Crippen molar-refractivity contribution in [1.82, 2.24) is 5.32 Å². The fourth-order valence-corrected chi connectivity index (χ4v) is 1.50. The molecule has 0 bridgehead atoms. The van der Waals surface area contributed by atoms with E-state index in [1.54, 1.807) is 0 Å². The Morgan fingerprint density at radius 3 is 3.00 bits per heavy atom. The van der Waals surface area contributed by atoms with Crippen LogP contribution in [0.5, 0.6) is 5.75 Å². The smallest absolute Gasteiger partial charge is 0.119 e. The molecule has 1 N–H and O–H groups in total. The van der Waals surface area contributed by atoms with Gasteiger partial charge < -0.3 is 10.1 Å². The fourth-order valence-electron chi connectivity index (χ4n) is 1.50. The average Bonchev–Trinajstić information content (AvgIpc) is 2.30. The van der Waals surface area contributed by atoms with Crippen LogP contribution in [0.15, 0.2) is 36.4 Å². The number of ether oxygens (including phenoxy) is 1. The lowest BCUT2D eigenvalue weighted by atomic mass is 10.2. The van der Waals surface area contributed by atoms with Gasteiger partial charge in [0.15, 0.2) is 0 Å². The monoisotopic (exact) mass is 219 g/mol. The maximum Gasteiger partial charge on any atom is 0.119 e. The molecule has 2 heteroatoms. The van der Waals surface area contributed by atoms with Gasteiger partial charge in [-0.25, -0.2) is 0 Å². The summed E-state index contributed by atoms with van der Waals surface area (Å²) in [6.07, 6.45) is 5.34. The Kier molecular flexibility index (Phi) is 6.35. The van der Waals surface area contributed by atoms with Crippen molar-refractivity contribution in [3.63, 3.8) is 0 Å². The van der Waals surface area contributed by atoms with E-state index in [2.05, 4.69) is 29.6 Å². The second kappa shape index (κ2) is 7.94. The molecule has 16 heavy (non-hydrogen) atoms. The summed E-state index contributed by atoms with van der Waals surface area (Å²) in [5.41, 5.74) is 1.27. The standard InChI is InChI=1S/C14H21NO/c1-3-5-6-10-15-12-13-8-7-9-14(11-13)16-4-2/h3,5,7-9,11,15H,4,6,10,12H2,1-2H3/b5-3+. The molecule has 0 aromatic heterocycles. The molecule has 88 valence electrons. The van der Waals surface area contributed by atoms with E-state index in [9.17, 15) is 0 Å². The first-order valence-corrected chi connectivity index (χ1v) is 5.90. The highest BCUT2D eigenvalue weighted by Crippen LogP contribution is 2.12. The molecular formula is C14H21NO. The zero-order valence-electron chi connectivity index (χ0n) is 10.2. The molecule has 0 spiro atoms. The first-order valence-electron chi connectivity index (χ1n) is 5.90. The van der Waals surface area contributed by atoms with Gasteiger partial charge in [-0.15, -0.1) is 0 Å². The van der Waals surface area contributed by atoms with Crippen molar-refractivity contribution in [2.24, 2.45) is 0 Å². The summed E-state index contributed by atoms with van der Waals surface area (Å²) >= 11 is 0. The predicted molar refractivity (Wildman–Crippen MR) is 68.7 cm³/mol. The third-order valence-corrected chi connectivity index (χ3v) is 2.26. The molecule has 0 aliphatic rings. The molecular weight excluding hydrogens is 198 g/mol. The van der Waals surface area contributed by atoms with E-state index in [0.29, 0.717) is 0 Å². The summed E-state index contributed by atoms with van der Waals surface area (Å²) in [4.78, 5) is 0. The number of hydrogen-bond donors (Lipinski definition) is 1. The molecule has 0 radical (unpaired) electrons. The summed E-state index contributed by atoms with van der Waals surface area (Å²) in [5, 5.41) is 3.40. The van der Waals surface area contributed by atoms with Crippen LogP contribution >= 0.6 is 0 Å². The number of nitrogens with one attached hydrogen (secondary N) is 1. The van der Waals surface area contributed by atoms with Crippen molar-refractivity contribution in [1.29, 1.82) is 0 Å². The van der Waals surface area contributed by atoms with Gasteiger partial charge in [0.1, 0.15) is 5.75 Å². The van der Waals surface area contributed by atoms with Gasteiger partial charge >= 0.3 is 0 Å². The molecule has 0 aliphatic carbocycles. The van der Waals surface area contributed by atoms with Crippen LogP contribution in [0.1, 0.15) is 25.8 Å². The van der Waals surface area contributed by atoms with Gasteiger partial charge in [-0.2, -0.15) is 0 Å². The van der Waals surface area contributed by atoms with Gasteiger partial charge in [0.05, 0.1) is 6.61 Å². The van der Waals surface area contributed by atoms with Crippen molar-refractivity contribution < 1.29 is 4.74 Å². The van der Waals surface area contributed by atoms with Crippen LogP contribution in [0, 0.1) is 0 Å². The molecule has 1 aromatic rings. The van der Waals surface area contributed by atoms with E-state index in [4.69, 9.17) is 4.74 Å². The van der Waals surface area contributed by atoms with Crippen molar-refractivity contribution in [3.8, 4) is 5.75 Å². The van der Waals surface area contributed by atoms with Gasteiger partial charge in [0.25, 0.3) is 0 Å². The van der Waals surface area contributed by atoms with E-state index < -0.39 is 0 Å². The molecule has 0 unspecified atom stereocenters. The maximum absolute atomic E-state index is 5.45. The molecule has 0 amide bonds. The molecule has 0 saturated carbocycles. The molecule has 0 fully saturated rings. The predicted octanol–water partition coefficient (Wildman–Crippen LogP) is 3.14. The van der Waals surface area contributed by atoms with Crippen LogP contribution < -0.4 is 10.1 Å². The first kappa shape index (κ1) is 12.8. The summed E-state index contributed by atoms with van der Waals surface area (Å²) < 4.78 is 5.45. The third kappa shape index (κ3) is 4.99. The fraction of sp³-hybridized carbons (Fsp3) is 0.429. The van der Waals surface area contributed by atoms with Crippen LogP contribution in [0.4, 0.5) is 0 Å². The van der Waals surface area contributed by atoms with Gasteiger partial charge in [-0.05, 0) is 44.5 Å². The minimum atomic E-state index is 0.720. The van der Waals surface area contributed by atoms with E-state index in [1.165, 1.54) is 5.56 Å². The normalized spacial score (nSPS) is 10.9.